The molecule has 2 amide bonds. The Morgan fingerprint density at radius 3 is 2.43 bits per heavy atom. The van der Waals surface area contributed by atoms with Crippen molar-refractivity contribution in [2.45, 2.75) is 20.3 Å². The Labute approximate surface area is 137 Å². The first-order valence-electron chi connectivity index (χ1n) is 7.90. The van der Waals surface area contributed by atoms with Gasteiger partial charge in [0, 0.05) is 6.54 Å². The molecule has 0 spiro atoms. The maximum Gasteiger partial charge on any atom is 0.314 e. The monoisotopic (exact) mass is 312 g/mol. The number of carbonyl (C=O) groups excluding carboxylic acids is 1. The van der Waals surface area contributed by atoms with E-state index in [-0.39, 0.29) is 6.03 Å². The van der Waals surface area contributed by atoms with Crippen LogP contribution in [-0.2, 0) is 6.42 Å². The second kappa shape index (κ2) is 8.83. The molecular formula is C19H24N2O2. The van der Waals surface area contributed by atoms with E-state index in [4.69, 9.17) is 4.74 Å². The molecule has 0 aliphatic rings. The fraction of sp³-hybridized carbons (Fsp3) is 0.316. The van der Waals surface area contributed by atoms with Gasteiger partial charge in [0.2, 0.25) is 0 Å². The Balaban J connectivity index is 1.57. The smallest absolute Gasteiger partial charge is 0.314 e. The molecule has 0 unspecified atom stereocenters. The standard InChI is InChI=1S/C19H24N2O2/c1-15-6-8-18(9-7-15)23-13-12-21-19(22)20-11-10-17-5-3-4-16(2)14-17/h3-9,14H,10-13H2,1-2H3,(H2,20,21,22). The summed E-state index contributed by atoms with van der Waals surface area (Å²) in [5.41, 5.74) is 3.66. The van der Waals surface area contributed by atoms with Gasteiger partial charge in [-0.3, -0.25) is 0 Å². The van der Waals surface area contributed by atoms with E-state index in [1.54, 1.807) is 0 Å². The van der Waals surface area contributed by atoms with Crippen LogP contribution in [0.1, 0.15) is 16.7 Å². The zero-order chi connectivity index (χ0) is 16.5. The van der Waals surface area contributed by atoms with Crippen LogP contribution < -0.4 is 15.4 Å². The van der Waals surface area contributed by atoms with E-state index in [9.17, 15) is 4.79 Å². The highest BCUT2D eigenvalue weighted by Crippen LogP contribution is 2.10. The van der Waals surface area contributed by atoms with Crippen LogP contribution in [0.3, 0.4) is 0 Å². The Hall–Kier alpha value is -2.49. The minimum absolute atomic E-state index is 0.162. The second-order valence-corrected chi connectivity index (χ2v) is 5.58. The lowest BCUT2D eigenvalue weighted by Gasteiger charge is -2.09. The number of urea groups is 1. The number of hydrogen-bond donors (Lipinski definition) is 2. The minimum atomic E-state index is -0.162. The van der Waals surface area contributed by atoms with E-state index in [1.165, 1.54) is 16.7 Å². The predicted octanol–water partition coefficient (Wildman–Crippen LogP) is 3.22. The largest absolute Gasteiger partial charge is 0.492 e. The fourth-order valence-corrected chi connectivity index (χ4v) is 2.22. The third-order valence-corrected chi connectivity index (χ3v) is 3.46. The molecule has 23 heavy (non-hydrogen) atoms. The summed E-state index contributed by atoms with van der Waals surface area (Å²) in [7, 11) is 0. The van der Waals surface area contributed by atoms with E-state index in [2.05, 4.69) is 35.8 Å². The number of aryl methyl sites for hydroxylation is 2. The van der Waals surface area contributed by atoms with Crippen LogP contribution in [0.4, 0.5) is 4.79 Å². The van der Waals surface area contributed by atoms with Crippen LogP contribution in [0, 0.1) is 13.8 Å². The van der Waals surface area contributed by atoms with Gasteiger partial charge in [0.1, 0.15) is 12.4 Å². The van der Waals surface area contributed by atoms with Crippen molar-refractivity contribution in [1.29, 1.82) is 0 Å². The summed E-state index contributed by atoms with van der Waals surface area (Å²) in [5.74, 6) is 0.817. The predicted molar refractivity (Wildman–Crippen MR) is 93.0 cm³/mol. The van der Waals surface area contributed by atoms with Gasteiger partial charge in [-0.2, -0.15) is 0 Å². The van der Waals surface area contributed by atoms with Crippen molar-refractivity contribution in [1.82, 2.24) is 10.6 Å². The zero-order valence-corrected chi connectivity index (χ0v) is 13.8. The Kier molecular flexibility index (Phi) is 6.48. The van der Waals surface area contributed by atoms with Crippen molar-refractivity contribution in [3.8, 4) is 5.75 Å². The minimum Gasteiger partial charge on any atom is -0.492 e. The summed E-state index contributed by atoms with van der Waals surface area (Å²) in [4.78, 5) is 11.7. The third-order valence-electron chi connectivity index (χ3n) is 3.46. The fourth-order valence-electron chi connectivity index (χ4n) is 2.22. The third kappa shape index (κ3) is 6.43. The van der Waals surface area contributed by atoms with Crippen LogP contribution in [-0.4, -0.2) is 25.7 Å². The average molecular weight is 312 g/mol. The molecule has 0 aliphatic heterocycles. The molecule has 0 aliphatic carbocycles. The number of amides is 2. The van der Waals surface area contributed by atoms with Crippen molar-refractivity contribution in [3.05, 3.63) is 65.2 Å². The first-order chi connectivity index (χ1) is 11.1. The molecule has 2 rings (SSSR count). The SMILES string of the molecule is Cc1ccc(OCCNC(=O)NCCc2cccc(C)c2)cc1. The molecule has 0 radical (unpaired) electrons. The summed E-state index contributed by atoms with van der Waals surface area (Å²) in [5, 5.41) is 5.64. The average Bonchev–Trinajstić information content (AvgIpc) is 2.53. The van der Waals surface area contributed by atoms with E-state index in [0.29, 0.717) is 19.7 Å². The number of benzene rings is 2. The highest BCUT2D eigenvalue weighted by atomic mass is 16.5. The molecule has 122 valence electrons. The molecule has 2 aromatic carbocycles. The van der Waals surface area contributed by atoms with Crippen molar-refractivity contribution in [3.63, 3.8) is 0 Å². The van der Waals surface area contributed by atoms with Gasteiger partial charge in [-0.15, -0.1) is 0 Å². The topological polar surface area (TPSA) is 50.4 Å². The van der Waals surface area contributed by atoms with Crippen molar-refractivity contribution in [2.75, 3.05) is 19.7 Å². The molecule has 4 nitrogen and oxygen atoms in total. The molecule has 2 N–H and O–H groups in total. The first-order valence-corrected chi connectivity index (χ1v) is 7.90. The molecule has 0 heterocycles. The van der Waals surface area contributed by atoms with Gasteiger partial charge < -0.3 is 15.4 Å². The number of rotatable bonds is 7. The quantitative estimate of drug-likeness (QED) is 0.771. The number of carbonyl (C=O) groups is 1. The normalized spacial score (nSPS) is 10.2. The summed E-state index contributed by atoms with van der Waals surface area (Å²) in [6.07, 6.45) is 0.828. The Bertz CT molecular complexity index is 624. The second-order valence-electron chi connectivity index (χ2n) is 5.58. The first kappa shape index (κ1) is 16.9. The van der Waals surface area contributed by atoms with Crippen molar-refractivity contribution in [2.24, 2.45) is 0 Å². The summed E-state index contributed by atoms with van der Waals surface area (Å²) < 4.78 is 5.56. The number of nitrogens with one attached hydrogen (secondary N) is 2. The molecule has 0 saturated carbocycles. The lowest BCUT2D eigenvalue weighted by Crippen LogP contribution is -2.38. The van der Waals surface area contributed by atoms with Gasteiger partial charge in [-0.1, -0.05) is 47.5 Å². The number of ether oxygens (including phenoxy) is 1. The van der Waals surface area contributed by atoms with Gasteiger partial charge in [0.15, 0.2) is 0 Å². The van der Waals surface area contributed by atoms with E-state index in [0.717, 1.165) is 12.2 Å². The highest BCUT2D eigenvalue weighted by molar-refractivity contribution is 5.73. The van der Waals surface area contributed by atoms with Crippen molar-refractivity contribution < 1.29 is 9.53 Å². The Morgan fingerprint density at radius 1 is 0.957 bits per heavy atom. The zero-order valence-electron chi connectivity index (χ0n) is 13.8. The van der Waals surface area contributed by atoms with Crippen LogP contribution in [0.15, 0.2) is 48.5 Å². The van der Waals surface area contributed by atoms with Gasteiger partial charge in [0.25, 0.3) is 0 Å². The Morgan fingerprint density at radius 2 is 1.70 bits per heavy atom. The summed E-state index contributed by atoms with van der Waals surface area (Å²) in [6.45, 7) is 5.65. The van der Waals surface area contributed by atoms with Gasteiger partial charge in [-0.05, 0) is 38.0 Å². The lowest BCUT2D eigenvalue weighted by atomic mass is 10.1. The molecule has 0 bridgehead atoms. The van der Waals surface area contributed by atoms with Crippen LogP contribution in [0.2, 0.25) is 0 Å². The molecule has 2 aromatic rings. The molecule has 4 heteroatoms. The van der Waals surface area contributed by atoms with E-state index >= 15 is 0 Å². The van der Waals surface area contributed by atoms with Crippen LogP contribution >= 0.6 is 0 Å². The van der Waals surface area contributed by atoms with Gasteiger partial charge in [-0.25, -0.2) is 4.79 Å². The molecule has 0 aromatic heterocycles. The molecule has 0 atom stereocenters. The van der Waals surface area contributed by atoms with Gasteiger partial charge >= 0.3 is 6.03 Å². The van der Waals surface area contributed by atoms with Crippen LogP contribution in [0.5, 0.6) is 5.75 Å². The molecule has 0 fully saturated rings. The maximum atomic E-state index is 11.7. The summed E-state index contributed by atoms with van der Waals surface area (Å²) >= 11 is 0. The molecule has 0 saturated heterocycles. The van der Waals surface area contributed by atoms with E-state index < -0.39 is 0 Å². The maximum absolute atomic E-state index is 11.7. The van der Waals surface area contributed by atoms with Gasteiger partial charge in [0.05, 0.1) is 6.54 Å². The van der Waals surface area contributed by atoms with E-state index in [1.807, 2.05) is 37.3 Å². The highest BCUT2D eigenvalue weighted by Gasteiger charge is 2.00. The lowest BCUT2D eigenvalue weighted by molar-refractivity contribution is 0.236. The molecular weight excluding hydrogens is 288 g/mol. The van der Waals surface area contributed by atoms with Crippen LogP contribution in [0.25, 0.3) is 0 Å². The number of hydrogen-bond acceptors (Lipinski definition) is 2. The van der Waals surface area contributed by atoms with Crippen molar-refractivity contribution >= 4 is 6.03 Å². The summed E-state index contributed by atoms with van der Waals surface area (Å²) in [6, 6.07) is 16.0.